The summed E-state index contributed by atoms with van der Waals surface area (Å²) >= 11 is 0. The Hall–Kier alpha value is -2.34. The van der Waals surface area contributed by atoms with Crippen molar-refractivity contribution in [2.75, 3.05) is 19.1 Å². The molecule has 0 aliphatic rings. The summed E-state index contributed by atoms with van der Waals surface area (Å²) in [4.78, 5) is 20.1. The lowest BCUT2D eigenvalue weighted by molar-refractivity contribution is 0.407. The Labute approximate surface area is 110 Å². The van der Waals surface area contributed by atoms with E-state index in [2.05, 4.69) is 9.97 Å². The number of nitrogens with zero attached hydrogens (tertiary/aromatic N) is 2. The van der Waals surface area contributed by atoms with Crippen molar-refractivity contribution in [2.45, 2.75) is 6.54 Å². The van der Waals surface area contributed by atoms with Gasteiger partial charge >= 0.3 is 0 Å². The highest BCUT2D eigenvalue weighted by Crippen LogP contribution is 2.29. The second-order valence-electron chi connectivity index (χ2n) is 3.98. The average Bonchev–Trinajstić information content (AvgIpc) is 2.46. The molecule has 19 heavy (non-hydrogen) atoms. The number of nitrogens with one attached hydrogen (secondary N) is 1. The van der Waals surface area contributed by atoms with E-state index in [0.29, 0.717) is 12.4 Å². The number of rotatable bonds is 4. The number of H-pyrrole nitrogens is 1. The molecule has 2 aromatic rings. The Morgan fingerprint density at radius 1 is 1.42 bits per heavy atom. The summed E-state index contributed by atoms with van der Waals surface area (Å²) in [6.45, 7) is 0.409. The number of hydrogen-bond donors (Lipinski definition) is 2. The SMILES string of the molecule is COc1c(N(C)c2ccccc2CN)nc[nH]c1=O. The molecule has 0 saturated heterocycles. The summed E-state index contributed by atoms with van der Waals surface area (Å²) < 4.78 is 5.11. The smallest absolute Gasteiger partial charge is 0.295 e. The molecule has 1 aromatic heterocycles. The fourth-order valence-electron chi connectivity index (χ4n) is 1.93. The Balaban J connectivity index is 2.53. The van der Waals surface area contributed by atoms with Crippen LogP contribution in [0.25, 0.3) is 0 Å². The third-order valence-electron chi connectivity index (χ3n) is 2.89. The minimum Gasteiger partial charge on any atom is -0.488 e. The average molecular weight is 260 g/mol. The molecule has 0 amide bonds. The molecule has 1 heterocycles. The summed E-state index contributed by atoms with van der Waals surface area (Å²) in [5.74, 6) is 0.629. The van der Waals surface area contributed by atoms with Crippen molar-refractivity contribution >= 4 is 11.5 Å². The molecule has 1 aromatic carbocycles. The number of benzene rings is 1. The van der Waals surface area contributed by atoms with Gasteiger partial charge in [-0.15, -0.1) is 0 Å². The summed E-state index contributed by atoms with van der Waals surface area (Å²) in [6.07, 6.45) is 1.35. The van der Waals surface area contributed by atoms with E-state index >= 15 is 0 Å². The molecule has 2 rings (SSSR count). The maximum Gasteiger partial charge on any atom is 0.295 e. The van der Waals surface area contributed by atoms with E-state index in [1.165, 1.54) is 13.4 Å². The summed E-state index contributed by atoms with van der Waals surface area (Å²) in [5.41, 5.74) is 7.26. The lowest BCUT2D eigenvalue weighted by Crippen LogP contribution is -2.20. The molecular weight excluding hydrogens is 244 g/mol. The van der Waals surface area contributed by atoms with Gasteiger partial charge in [0.05, 0.1) is 13.4 Å². The van der Waals surface area contributed by atoms with Gasteiger partial charge in [-0.3, -0.25) is 4.79 Å². The molecule has 100 valence electrons. The summed E-state index contributed by atoms with van der Waals surface area (Å²) in [5, 5.41) is 0. The van der Waals surface area contributed by atoms with E-state index in [4.69, 9.17) is 10.5 Å². The number of para-hydroxylation sites is 1. The van der Waals surface area contributed by atoms with Crippen molar-refractivity contribution < 1.29 is 4.74 Å². The minimum absolute atomic E-state index is 0.178. The van der Waals surface area contributed by atoms with E-state index in [-0.39, 0.29) is 11.3 Å². The molecule has 0 aliphatic heterocycles. The maximum atomic E-state index is 11.7. The van der Waals surface area contributed by atoms with Crippen molar-refractivity contribution in [1.82, 2.24) is 9.97 Å². The van der Waals surface area contributed by atoms with E-state index in [1.807, 2.05) is 31.3 Å². The van der Waals surface area contributed by atoms with Crippen LogP contribution in [0.15, 0.2) is 35.4 Å². The third kappa shape index (κ3) is 2.43. The molecule has 0 radical (unpaired) electrons. The fraction of sp³-hybridized carbons (Fsp3) is 0.231. The van der Waals surface area contributed by atoms with E-state index in [0.717, 1.165) is 11.3 Å². The van der Waals surface area contributed by atoms with E-state index in [9.17, 15) is 4.79 Å². The van der Waals surface area contributed by atoms with Gasteiger partial charge in [0.15, 0.2) is 5.82 Å². The second-order valence-corrected chi connectivity index (χ2v) is 3.98. The highest BCUT2D eigenvalue weighted by Gasteiger charge is 2.16. The number of ether oxygens (including phenoxy) is 1. The van der Waals surface area contributed by atoms with Crippen molar-refractivity contribution in [3.63, 3.8) is 0 Å². The topological polar surface area (TPSA) is 84.2 Å². The first kappa shape index (κ1) is 13.1. The number of aromatic amines is 1. The minimum atomic E-state index is -0.315. The highest BCUT2D eigenvalue weighted by atomic mass is 16.5. The van der Waals surface area contributed by atoms with Crippen LogP contribution in [0.5, 0.6) is 5.75 Å². The van der Waals surface area contributed by atoms with Crippen molar-refractivity contribution in [3.05, 3.63) is 46.5 Å². The standard InChI is InChI=1S/C13H16N4O2/c1-17(10-6-4-3-5-9(10)7-14)12-11(19-2)13(18)16-8-15-12/h3-6,8H,7,14H2,1-2H3,(H,15,16,18). The molecular formula is C13H16N4O2. The van der Waals surface area contributed by atoms with Gasteiger partial charge in [-0.2, -0.15) is 0 Å². The normalized spacial score (nSPS) is 10.3. The van der Waals surface area contributed by atoms with Crippen LogP contribution in [0.4, 0.5) is 11.5 Å². The van der Waals surface area contributed by atoms with Gasteiger partial charge in [-0.05, 0) is 11.6 Å². The summed E-state index contributed by atoms with van der Waals surface area (Å²) in [7, 11) is 3.26. The lowest BCUT2D eigenvalue weighted by Gasteiger charge is -2.22. The first-order valence-corrected chi connectivity index (χ1v) is 5.82. The van der Waals surface area contributed by atoms with Crippen LogP contribution in [0.1, 0.15) is 5.56 Å². The molecule has 0 spiro atoms. The number of hydrogen-bond acceptors (Lipinski definition) is 5. The largest absolute Gasteiger partial charge is 0.488 e. The Morgan fingerprint density at radius 2 is 2.16 bits per heavy atom. The Bertz CT molecular complexity index is 624. The fourth-order valence-corrected chi connectivity index (χ4v) is 1.93. The Kier molecular flexibility index (Phi) is 3.82. The van der Waals surface area contributed by atoms with E-state index in [1.54, 1.807) is 4.90 Å². The quantitative estimate of drug-likeness (QED) is 0.857. The van der Waals surface area contributed by atoms with Gasteiger partial charge in [0.25, 0.3) is 5.56 Å². The Morgan fingerprint density at radius 3 is 2.84 bits per heavy atom. The van der Waals surface area contributed by atoms with Gasteiger partial charge in [-0.1, -0.05) is 18.2 Å². The first-order chi connectivity index (χ1) is 9.19. The zero-order chi connectivity index (χ0) is 13.8. The van der Waals surface area contributed by atoms with Crippen molar-refractivity contribution in [3.8, 4) is 5.75 Å². The van der Waals surface area contributed by atoms with Gasteiger partial charge in [0.1, 0.15) is 0 Å². The van der Waals surface area contributed by atoms with E-state index < -0.39 is 0 Å². The van der Waals surface area contributed by atoms with Crippen LogP contribution >= 0.6 is 0 Å². The number of nitrogens with two attached hydrogens (primary N) is 1. The number of aromatic nitrogens is 2. The number of methoxy groups -OCH3 is 1. The molecule has 3 N–H and O–H groups in total. The molecule has 0 unspecified atom stereocenters. The first-order valence-electron chi connectivity index (χ1n) is 5.82. The monoisotopic (exact) mass is 260 g/mol. The van der Waals surface area contributed by atoms with Gasteiger partial charge in [0.2, 0.25) is 5.75 Å². The van der Waals surface area contributed by atoms with Gasteiger partial charge in [0, 0.05) is 19.3 Å². The zero-order valence-electron chi connectivity index (χ0n) is 10.9. The summed E-state index contributed by atoms with van der Waals surface area (Å²) in [6, 6.07) is 7.68. The molecule has 0 aliphatic carbocycles. The van der Waals surface area contributed by atoms with Crippen LogP contribution in [0.3, 0.4) is 0 Å². The second kappa shape index (κ2) is 5.53. The van der Waals surface area contributed by atoms with Crippen molar-refractivity contribution in [2.24, 2.45) is 5.73 Å². The molecule has 6 heteroatoms. The highest BCUT2D eigenvalue weighted by molar-refractivity contribution is 5.67. The molecule has 6 nitrogen and oxygen atoms in total. The van der Waals surface area contributed by atoms with Gasteiger partial charge in [-0.25, -0.2) is 4.98 Å². The van der Waals surface area contributed by atoms with Crippen LogP contribution in [0.2, 0.25) is 0 Å². The van der Waals surface area contributed by atoms with Crippen LogP contribution in [-0.4, -0.2) is 24.1 Å². The lowest BCUT2D eigenvalue weighted by atomic mass is 10.1. The molecule has 0 saturated carbocycles. The molecule has 0 atom stereocenters. The predicted molar refractivity (Wildman–Crippen MR) is 73.8 cm³/mol. The third-order valence-corrected chi connectivity index (χ3v) is 2.89. The number of anilines is 2. The predicted octanol–water partition coefficient (Wildman–Crippen LogP) is 1.01. The van der Waals surface area contributed by atoms with Crippen LogP contribution in [0, 0.1) is 0 Å². The van der Waals surface area contributed by atoms with Crippen LogP contribution in [-0.2, 0) is 6.54 Å². The van der Waals surface area contributed by atoms with Gasteiger partial charge < -0.3 is 20.4 Å². The molecule has 0 bridgehead atoms. The molecule has 0 fully saturated rings. The van der Waals surface area contributed by atoms with Crippen molar-refractivity contribution in [1.29, 1.82) is 0 Å². The zero-order valence-corrected chi connectivity index (χ0v) is 10.9. The maximum absolute atomic E-state index is 11.7. The van der Waals surface area contributed by atoms with Crippen LogP contribution < -0.4 is 20.9 Å².